The summed E-state index contributed by atoms with van der Waals surface area (Å²) in [6.45, 7) is 5.54. The Hall–Kier alpha value is -1.45. The third kappa shape index (κ3) is 3.60. The number of hydrogen-bond acceptors (Lipinski definition) is 2. The summed E-state index contributed by atoms with van der Waals surface area (Å²) in [5.74, 6) is -0.0931. The van der Waals surface area contributed by atoms with Crippen molar-refractivity contribution in [3.63, 3.8) is 0 Å². The van der Waals surface area contributed by atoms with E-state index in [2.05, 4.69) is 0 Å². The number of ketones is 1. The number of aryl methyl sites for hydroxylation is 2. The molecule has 0 N–H and O–H groups in total. The first-order valence-electron chi connectivity index (χ1n) is 6.68. The standard InChI is InChI=1S/C17H17ClO2S/c1-11-4-5-12(2)16(10-11)17(19)13(3)21(20)15-8-6-14(18)7-9-15/h4-10,13H,1-3H3. The molecule has 0 saturated carbocycles. The molecule has 2 atom stereocenters. The molecule has 0 saturated heterocycles. The van der Waals surface area contributed by atoms with Crippen LogP contribution in [0.3, 0.4) is 0 Å². The maximum Gasteiger partial charge on any atom is 0.178 e. The molecule has 0 aliphatic rings. The number of rotatable bonds is 4. The van der Waals surface area contributed by atoms with Gasteiger partial charge in [-0.1, -0.05) is 29.3 Å². The fourth-order valence-electron chi connectivity index (χ4n) is 2.09. The molecule has 0 amide bonds. The summed E-state index contributed by atoms with van der Waals surface area (Å²) >= 11 is 5.83. The van der Waals surface area contributed by atoms with Gasteiger partial charge >= 0.3 is 0 Å². The van der Waals surface area contributed by atoms with E-state index in [-0.39, 0.29) is 5.78 Å². The Bertz CT molecular complexity index is 692. The first-order valence-corrected chi connectivity index (χ1v) is 8.27. The predicted octanol–water partition coefficient (Wildman–Crippen LogP) is 4.34. The highest BCUT2D eigenvalue weighted by molar-refractivity contribution is 7.86. The number of benzene rings is 2. The van der Waals surface area contributed by atoms with Crippen LogP contribution in [0, 0.1) is 13.8 Å². The number of hydrogen-bond donors (Lipinski definition) is 0. The van der Waals surface area contributed by atoms with Gasteiger partial charge in [0.1, 0.15) is 0 Å². The molecule has 2 nitrogen and oxygen atoms in total. The third-order valence-electron chi connectivity index (χ3n) is 3.39. The molecule has 0 aromatic heterocycles. The van der Waals surface area contributed by atoms with Gasteiger partial charge in [-0.05, 0) is 56.7 Å². The van der Waals surface area contributed by atoms with Crippen molar-refractivity contribution in [2.24, 2.45) is 0 Å². The molecular formula is C17H17ClO2S. The highest BCUT2D eigenvalue weighted by atomic mass is 35.5. The Morgan fingerprint density at radius 2 is 1.71 bits per heavy atom. The van der Waals surface area contributed by atoms with Crippen LogP contribution in [0.5, 0.6) is 0 Å². The van der Waals surface area contributed by atoms with Crippen molar-refractivity contribution < 1.29 is 9.00 Å². The van der Waals surface area contributed by atoms with Gasteiger partial charge in [0, 0.05) is 15.5 Å². The summed E-state index contributed by atoms with van der Waals surface area (Å²) in [5.41, 5.74) is 2.57. The molecule has 2 aromatic carbocycles. The van der Waals surface area contributed by atoms with Crippen molar-refractivity contribution in [1.82, 2.24) is 0 Å². The van der Waals surface area contributed by atoms with Gasteiger partial charge in [0.25, 0.3) is 0 Å². The molecule has 4 heteroatoms. The molecule has 110 valence electrons. The van der Waals surface area contributed by atoms with E-state index in [0.717, 1.165) is 11.1 Å². The fraction of sp³-hybridized carbons (Fsp3) is 0.235. The molecule has 0 radical (unpaired) electrons. The quantitative estimate of drug-likeness (QED) is 0.785. The highest BCUT2D eigenvalue weighted by Gasteiger charge is 2.24. The van der Waals surface area contributed by atoms with Crippen LogP contribution in [0.25, 0.3) is 0 Å². The summed E-state index contributed by atoms with van der Waals surface area (Å²) in [6, 6.07) is 12.5. The normalized spacial score (nSPS) is 13.7. The van der Waals surface area contributed by atoms with E-state index in [0.29, 0.717) is 15.5 Å². The molecule has 2 aromatic rings. The molecule has 0 heterocycles. The maximum absolute atomic E-state index is 12.6. The third-order valence-corrected chi connectivity index (χ3v) is 5.24. The largest absolute Gasteiger partial charge is 0.293 e. The second-order valence-electron chi connectivity index (χ2n) is 5.08. The number of Topliss-reactive ketones (excluding diaryl/α,β-unsaturated/α-hetero) is 1. The van der Waals surface area contributed by atoms with Crippen molar-refractivity contribution in [1.29, 1.82) is 0 Å². The smallest absolute Gasteiger partial charge is 0.178 e. The monoisotopic (exact) mass is 320 g/mol. The summed E-state index contributed by atoms with van der Waals surface area (Å²) in [4.78, 5) is 13.2. The summed E-state index contributed by atoms with van der Waals surface area (Å²) in [5, 5.41) is -0.00377. The Kier molecular flexibility index (Phi) is 4.96. The van der Waals surface area contributed by atoms with E-state index >= 15 is 0 Å². The van der Waals surface area contributed by atoms with Gasteiger partial charge in [-0.3, -0.25) is 9.00 Å². The van der Waals surface area contributed by atoms with E-state index in [1.807, 2.05) is 32.0 Å². The van der Waals surface area contributed by atoms with Crippen LogP contribution in [0.2, 0.25) is 5.02 Å². The Morgan fingerprint density at radius 1 is 1.10 bits per heavy atom. The van der Waals surface area contributed by atoms with Crippen molar-refractivity contribution in [2.45, 2.75) is 30.9 Å². The lowest BCUT2D eigenvalue weighted by Gasteiger charge is -2.13. The fourth-order valence-corrected chi connectivity index (χ4v) is 3.35. The molecule has 0 aliphatic heterocycles. The van der Waals surface area contributed by atoms with Crippen molar-refractivity contribution in [3.05, 3.63) is 64.2 Å². The van der Waals surface area contributed by atoms with E-state index in [1.165, 1.54) is 0 Å². The lowest BCUT2D eigenvalue weighted by molar-refractivity contribution is 0.0992. The number of carbonyl (C=O) groups is 1. The predicted molar refractivity (Wildman–Crippen MR) is 87.6 cm³/mol. The van der Waals surface area contributed by atoms with E-state index in [4.69, 9.17) is 11.6 Å². The Balaban J connectivity index is 2.28. The summed E-state index contributed by atoms with van der Waals surface area (Å²) in [6.07, 6.45) is 0. The number of halogens is 1. The molecule has 21 heavy (non-hydrogen) atoms. The molecule has 2 rings (SSSR count). The SMILES string of the molecule is Cc1ccc(C)c(C(=O)C(C)S(=O)c2ccc(Cl)cc2)c1. The van der Waals surface area contributed by atoms with Crippen molar-refractivity contribution >= 4 is 28.2 Å². The van der Waals surface area contributed by atoms with E-state index in [1.54, 1.807) is 31.2 Å². The van der Waals surface area contributed by atoms with Gasteiger partial charge in [0.2, 0.25) is 0 Å². The van der Waals surface area contributed by atoms with Crippen molar-refractivity contribution in [2.75, 3.05) is 0 Å². The molecular weight excluding hydrogens is 304 g/mol. The molecule has 2 unspecified atom stereocenters. The van der Waals surface area contributed by atoms with Crippen LogP contribution in [-0.2, 0) is 10.8 Å². The molecule has 0 fully saturated rings. The Labute approximate surface area is 132 Å². The van der Waals surface area contributed by atoms with Crippen LogP contribution in [0.15, 0.2) is 47.4 Å². The first-order chi connectivity index (χ1) is 9.90. The Morgan fingerprint density at radius 3 is 2.33 bits per heavy atom. The lowest BCUT2D eigenvalue weighted by atomic mass is 10.0. The average molecular weight is 321 g/mol. The summed E-state index contributed by atoms with van der Waals surface area (Å²) < 4.78 is 12.5. The second kappa shape index (κ2) is 6.54. The van der Waals surface area contributed by atoms with E-state index < -0.39 is 16.0 Å². The second-order valence-corrected chi connectivity index (χ2v) is 7.29. The lowest BCUT2D eigenvalue weighted by Crippen LogP contribution is -2.23. The van der Waals surface area contributed by atoms with Crippen LogP contribution >= 0.6 is 11.6 Å². The zero-order valence-corrected chi connectivity index (χ0v) is 13.8. The zero-order valence-electron chi connectivity index (χ0n) is 12.2. The van der Waals surface area contributed by atoms with Gasteiger partial charge in [0.15, 0.2) is 5.78 Å². The minimum absolute atomic E-state index is 0.0931. The number of carbonyl (C=O) groups excluding carboxylic acids is 1. The van der Waals surface area contributed by atoms with E-state index in [9.17, 15) is 9.00 Å². The van der Waals surface area contributed by atoms with Crippen LogP contribution in [-0.4, -0.2) is 15.2 Å². The van der Waals surface area contributed by atoms with Crippen LogP contribution < -0.4 is 0 Å². The molecule has 0 bridgehead atoms. The highest BCUT2D eigenvalue weighted by Crippen LogP contribution is 2.20. The van der Waals surface area contributed by atoms with Gasteiger partial charge in [0.05, 0.1) is 16.0 Å². The van der Waals surface area contributed by atoms with Crippen molar-refractivity contribution in [3.8, 4) is 0 Å². The van der Waals surface area contributed by atoms with Gasteiger partial charge < -0.3 is 0 Å². The summed E-state index contributed by atoms with van der Waals surface area (Å²) in [7, 11) is -1.39. The first kappa shape index (κ1) is 15.9. The minimum atomic E-state index is -1.39. The van der Waals surface area contributed by atoms with Gasteiger partial charge in [-0.15, -0.1) is 0 Å². The zero-order chi connectivity index (χ0) is 15.6. The minimum Gasteiger partial charge on any atom is -0.293 e. The maximum atomic E-state index is 12.6. The molecule has 0 spiro atoms. The molecule has 0 aliphatic carbocycles. The van der Waals surface area contributed by atoms with Gasteiger partial charge in [-0.25, -0.2) is 0 Å². The average Bonchev–Trinajstić information content (AvgIpc) is 2.48. The van der Waals surface area contributed by atoms with Crippen LogP contribution in [0.4, 0.5) is 0 Å². The topological polar surface area (TPSA) is 34.1 Å². The van der Waals surface area contributed by atoms with Crippen LogP contribution in [0.1, 0.15) is 28.4 Å². The van der Waals surface area contributed by atoms with Gasteiger partial charge in [-0.2, -0.15) is 0 Å².